The van der Waals surface area contributed by atoms with E-state index >= 15 is 0 Å². The molecule has 3 N–H and O–H groups in total. The van der Waals surface area contributed by atoms with Gasteiger partial charge in [0.25, 0.3) is 0 Å². The van der Waals surface area contributed by atoms with Gasteiger partial charge in [-0.05, 0) is 37.5 Å². The molecule has 0 saturated carbocycles. The minimum absolute atomic E-state index is 0.212. The number of rotatable bonds is 8. The lowest BCUT2D eigenvalue weighted by atomic mass is 10.1. The Bertz CT molecular complexity index is 691. The lowest BCUT2D eigenvalue weighted by molar-refractivity contribution is -0.142. The number of aliphatic carboxylic acids is 1. The Morgan fingerprint density at radius 1 is 1.35 bits per heavy atom. The van der Waals surface area contributed by atoms with Crippen LogP contribution in [0.4, 0.5) is 0 Å². The molecule has 0 unspecified atom stereocenters. The molecule has 5 heteroatoms. The predicted octanol–water partition coefficient (Wildman–Crippen LogP) is 3.17. The predicted molar refractivity (Wildman–Crippen MR) is 90.4 cm³/mol. The minimum atomic E-state index is -0.963. The molecule has 0 saturated heterocycles. The van der Waals surface area contributed by atoms with E-state index in [1.807, 2.05) is 32.2 Å². The summed E-state index contributed by atoms with van der Waals surface area (Å²) in [5, 5.41) is 12.9. The Kier molecular flexibility index (Phi) is 5.79. The molecule has 0 aliphatic rings. The van der Waals surface area contributed by atoms with Crippen LogP contribution in [0.25, 0.3) is 10.9 Å². The number of benzene rings is 1. The molecule has 5 nitrogen and oxygen atoms in total. The summed E-state index contributed by atoms with van der Waals surface area (Å²) in [6.45, 7) is 4.04. The topological polar surface area (TPSA) is 82.2 Å². The smallest absolute Gasteiger partial charge is 0.326 e. The summed E-state index contributed by atoms with van der Waals surface area (Å²) in [7, 11) is 0. The highest BCUT2D eigenvalue weighted by Crippen LogP contribution is 2.20. The summed E-state index contributed by atoms with van der Waals surface area (Å²) in [6, 6.07) is 5.38. The monoisotopic (exact) mass is 316 g/mol. The van der Waals surface area contributed by atoms with Crippen molar-refractivity contribution in [3.8, 4) is 0 Å². The van der Waals surface area contributed by atoms with Crippen molar-refractivity contribution in [1.82, 2.24) is 10.3 Å². The van der Waals surface area contributed by atoms with Gasteiger partial charge in [0.1, 0.15) is 6.04 Å². The molecule has 1 aromatic heterocycles. The number of fused-ring (bicyclic) bond motifs is 1. The number of hydrogen-bond acceptors (Lipinski definition) is 2. The fourth-order valence-electron chi connectivity index (χ4n) is 2.68. The van der Waals surface area contributed by atoms with E-state index in [4.69, 9.17) is 5.11 Å². The van der Waals surface area contributed by atoms with E-state index in [9.17, 15) is 9.59 Å². The number of aryl methyl sites for hydroxylation is 2. The minimum Gasteiger partial charge on any atom is -0.480 e. The number of H-pyrrole nitrogens is 1. The van der Waals surface area contributed by atoms with Crippen LogP contribution in [-0.2, 0) is 16.0 Å². The van der Waals surface area contributed by atoms with Gasteiger partial charge >= 0.3 is 5.97 Å². The average Bonchev–Trinajstić information content (AvgIpc) is 2.91. The van der Waals surface area contributed by atoms with Crippen molar-refractivity contribution in [2.24, 2.45) is 0 Å². The average molecular weight is 316 g/mol. The lowest BCUT2D eigenvalue weighted by Gasteiger charge is -2.13. The molecule has 0 aliphatic heterocycles. The van der Waals surface area contributed by atoms with E-state index in [0.717, 1.165) is 29.3 Å². The van der Waals surface area contributed by atoms with Crippen LogP contribution in [0.5, 0.6) is 0 Å². The highest BCUT2D eigenvalue weighted by atomic mass is 16.4. The first kappa shape index (κ1) is 17.1. The zero-order valence-electron chi connectivity index (χ0n) is 13.7. The molecule has 0 radical (unpaired) electrons. The summed E-state index contributed by atoms with van der Waals surface area (Å²) in [5.74, 6) is -1.18. The Balaban J connectivity index is 1.94. The maximum absolute atomic E-state index is 12.0. The van der Waals surface area contributed by atoms with Gasteiger partial charge in [0.2, 0.25) is 5.91 Å². The molecule has 124 valence electrons. The summed E-state index contributed by atoms with van der Waals surface area (Å²) in [4.78, 5) is 26.4. The van der Waals surface area contributed by atoms with Crippen molar-refractivity contribution in [3.05, 3.63) is 35.5 Å². The second-order valence-electron chi connectivity index (χ2n) is 5.96. The lowest BCUT2D eigenvalue weighted by Crippen LogP contribution is -2.40. The molecule has 0 spiro atoms. The van der Waals surface area contributed by atoms with E-state index in [-0.39, 0.29) is 12.3 Å². The third kappa shape index (κ3) is 4.58. The summed E-state index contributed by atoms with van der Waals surface area (Å²) in [5.41, 5.74) is 3.31. The zero-order chi connectivity index (χ0) is 16.8. The number of carbonyl (C=O) groups is 2. The third-order valence-corrected chi connectivity index (χ3v) is 4.02. The van der Waals surface area contributed by atoms with Gasteiger partial charge < -0.3 is 15.4 Å². The first-order chi connectivity index (χ1) is 11.0. The van der Waals surface area contributed by atoms with Crippen LogP contribution in [0.3, 0.4) is 0 Å². The van der Waals surface area contributed by atoms with Gasteiger partial charge in [0, 0.05) is 23.5 Å². The van der Waals surface area contributed by atoms with Gasteiger partial charge in [-0.3, -0.25) is 4.79 Å². The van der Waals surface area contributed by atoms with Crippen LogP contribution in [-0.4, -0.2) is 28.0 Å². The Morgan fingerprint density at radius 2 is 2.13 bits per heavy atom. The fourth-order valence-corrected chi connectivity index (χ4v) is 2.68. The summed E-state index contributed by atoms with van der Waals surface area (Å²) < 4.78 is 0. The van der Waals surface area contributed by atoms with Crippen molar-refractivity contribution < 1.29 is 14.7 Å². The Morgan fingerprint density at radius 3 is 2.83 bits per heavy atom. The van der Waals surface area contributed by atoms with Gasteiger partial charge in [-0.2, -0.15) is 0 Å². The first-order valence-electron chi connectivity index (χ1n) is 8.10. The molecule has 0 fully saturated rings. The second-order valence-corrected chi connectivity index (χ2v) is 5.96. The molecule has 23 heavy (non-hydrogen) atoms. The summed E-state index contributed by atoms with van der Waals surface area (Å²) in [6.07, 6.45) is 4.98. The highest BCUT2D eigenvalue weighted by Gasteiger charge is 2.19. The highest BCUT2D eigenvalue weighted by molar-refractivity contribution is 5.86. The van der Waals surface area contributed by atoms with Crippen LogP contribution in [0.2, 0.25) is 0 Å². The van der Waals surface area contributed by atoms with Crippen molar-refractivity contribution in [3.63, 3.8) is 0 Å². The molecule has 2 rings (SSSR count). The normalized spacial score (nSPS) is 12.3. The van der Waals surface area contributed by atoms with Crippen molar-refractivity contribution in [1.29, 1.82) is 0 Å². The van der Waals surface area contributed by atoms with Gasteiger partial charge in [-0.25, -0.2) is 4.79 Å². The standard InChI is InChI=1S/C18H24N2O3/c1-3-4-5-16(18(22)23)20-17(21)9-7-13-11-19-15-8-6-12(2)10-14(13)15/h6,8,10-11,16,19H,3-5,7,9H2,1-2H3,(H,20,21)(H,22,23)/t16-/m0/s1. The molecule has 2 aromatic rings. The molecule has 1 heterocycles. The number of aromatic amines is 1. The number of nitrogens with one attached hydrogen (secondary N) is 2. The Labute approximate surface area is 136 Å². The first-order valence-corrected chi connectivity index (χ1v) is 8.10. The third-order valence-electron chi connectivity index (χ3n) is 4.02. The molecule has 0 aliphatic carbocycles. The van der Waals surface area contributed by atoms with E-state index in [2.05, 4.69) is 16.4 Å². The maximum Gasteiger partial charge on any atom is 0.326 e. The molecular weight excluding hydrogens is 292 g/mol. The zero-order valence-corrected chi connectivity index (χ0v) is 13.7. The van der Waals surface area contributed by atoms with Gasteiger partial charge in [0.15, 0.2) is 0 Å². The summed E-state index contributed by atoms with van der Waals surface area (Å²) >= 11 is 0. The van der Waals surface area contributed by atoms with Crippen LogP contribution in [0.1, 0.15) is 43.7 Å². The molecular formula is C18H24N2O3. The SMILES string of the molecule is CCCC[C@H](NC(=O)CCc1c[nH]c2ccc(C)cc12)C(=O)O. The van der Waals surface area contributed by atoms with E-state index in [1.54, 1.807) is 0 Å². The molecule has 1 amide bonds. The number of carbonyl (C=O) groups excluding carboxylic acids is 1. The van der Waals surface area contributed by atoms with Crippen molar-refractivity contribution in [2.45, 2.75) is 52.0 Å². The largest absolute Gasteiger partial charge is 0.480 e. The van der Waals surface area contributed by atoms with Gasteiger partial charge in [0.05, 0.1) is 0 Å². The molecule has 0 bridgehead atoms. The van der Waals surface area contributed by atoms with Crippen LogP contribution >= 0.6 is 0 Å². The number of hydrogen-bond donors (Lipinski definition) is 3. The van der Waals surface area contributed by atoms with Crippen LogP contribution in [0, 0.1) is 6.92 Å². The van der Waals surface area contributed by atoms with E-state index < -0.39 is 12.0 Å². The molecule has 1 aromatic carbocycles. The second kappa shape index (κ2) is 7.81. The number of carboxylic acids is 1. The number of carboxylic acid groups (broad SMARTS) is 1. The van der Waals surface area contributed by atoms with E-state index in [1.165, 1.54) is 5.56 Å². The Hall–Kier alpha value is -2.30. The van der Waals surface area contributed by atoms with Crippen LogP contribution < -0.4 is 5.32 Å². The molecule has 1 atom stereocenters. The van der Waals surface area contributed by atoms with Gasteiger partial charge in [-0.1, -0.05) is 31.4 Å². The number of amides is 1. The maximum atomic E-state index is 12.0. The number of aromatic nitrogens is 1. The fraction of sp³-hybridized carbons (Fsp3) is 0.444. The van der Waals surface area contributed by atoms with Crippen molar-refractivity contribution in [2.75, 3.05) is 0 Å². The van der Waals surface area contributed by atoms with E-state index in [0.29, 0.717) is 12.8 Å². The number of unbranched alkanes of at least 4 members (excludes halogenated alkanes) is 1. The van der Waals surface area contributed by atoms with Crippen molar-refractivity contribution >= 4 is 22.8 Å². The van der Waals surface area contributed by atoms with Crippen LogP contribution in [0.15, 0.2) is 24.4 Å². The quantitative estimate of drug-likeness (QED) is 0.699. The van der Waals surface area contributed by atoms with Gasteiger partial charge in [-0.15, -0.1) is 0 Å².